The van der Waals surface area contributed by atoms with Crippen molar-refractivity contribution in [1.82, 2.24) is 0 Å². The average Bonchev–Trinajstić information content (AvgIpc) is 2.82. The molecule has 1 aliphatic carbocycles. The van der Waals surface area contributed by atoms with Gasteiger partial charge < -0.3 is 0 Å². The molecule has 0 heterocycles. The number of hydrogen-bond donors (Lipinski definition) is 0. The van der Waals surface area contributed by atoms with Gasteiger partial charge in [-0.2, -0.15) is 13.2 Å². The van der Waals surface area contributed by atoms with E-state index in [-0.39, 0.29) is 6.42 Å². The molecular weight excluding hydrogens is 273 g/mol. The van der Waals surface area contributed by atoms with Crippen molar-refractivity contribution in [2.45, 2.75) is 73.4 Å². The highest BCUT2D eigenvalue weighted by Crippen LogP contribution is 2.25. The van der Waals surface area contributed by atoms with Gasteiger partial charge in [0, 0.05) is 6.42 Å². The molecule has 0 aliphatic heterocycles. The SMILES string of the molecule is CC.CC.CC1Cc2ccccc2C1.CCCC(F)(F)F. The zero-order valence-electron chi connectivity index (χ0n) is 14.3. The molecule has 0 amide bonds. The molecule has 0 saturated carbocycles. The fourth-order valence-corrected chi connectivity index (χ4v) is 2.06. The van der Waals surface area contributed by atoms with Crippen molar-refractivity contribution in [1.29, 1.82) is 0 Å². The molecule has 0 atom stereocenters. The van der Waals surface area contributed by atoms with E-state index in [1.807, 2.05) is 27.7 Å². The van der Waals surface area contributed by atoms with Crippen LogP contribution in [0.15, 0.2) is 24.3 Å². The Hall–Kier alpha value is -0.990. The van der Waals surface area contributed by atoms with Gasteiger partial charge in [-0.15, -0.1) is 0 Å². The molecule has 2 rings (SSSR count). The Morgan fingerprint density at radius 1 is 0.952 bits per heavy atom. The third-order valence-electron chi connectivity index (χ3n) is 2.79. The summed E-state index contributed by atoms with van der Waals surface area (Å²) in [5.41, 5.74) is 3.13. The quantitative estimate of drug-likeness (QED) is 0.534. The summed E-state index contributed by atoms with van der Waals surface area (Å²) in [4.78, 5) is 0. The number of halogens is 3. The molecular formula is C18H31F3. The molecule has 0 radical (unpaired) electrons. The van der Waals surface area contributed by atoms with Gasteiger partial charge in [-0.3, -0.25) is 0 Å². The summed E-state index contributed by atoms with van der Waals surface area (Å²) in [6.07, 6.45) is -1.85. The zero-order valence-corrected chi connectivity index (χ0v) is 14.3. The predicted octanol–water partition coefficient (Wildman–Crippen LogP) is 6.82. The van der Waals surface area contributed by atoms with Crippen LogP contribution in [0.25, 0.3) is 0 Å². The number of hydrogen-bond acceptors (Lipinski definition) is 0. The highest BCUT2D eigenvalue weighted by molar-refractivity contribution is 5.31. The van der Waals surface area contributed by atoms with Crippen molar-refractivity contribution in [3.63, 3.8) is 0 Å². The van der Waals surface area contributed by atoms with Crippen molar-refractivity contribution in [3.05, 3.63) is 35.4 Å². The second kappa shape index (κ2) is 12.7. The summed E-state index contributed by atoms with van der Waals surface area (Å²) in [6.45, 7) is 11.8. The number of fused-ring (bicyclic) bond motifs is 1. The van der Waals surface area contributed by atoms with Gasteiger partial charge in [0.1, 0.15) is 0 Å². The Morgan fingerprint density at radius 2 is 1.33 bits per heavy atom. The lowest BCUT2D eigenvalue weighted by Gasteiger charge is -2.00. The van der Waals surface area contributed by atoms with Gasteiger partial charge in [-0.25, -0.2) is 0 Å². The monoisotopic (exact) mass is 304 g/mol. The first-order chi connectivity index (χ1) is 9.92. The standard InChI is InChI=1S/C10H12.C4H7F3.2C2H6/c1-8-6-9-4-2-3-5-10(9)7-8;1-2-3-4(5,6)7;2*1-2/h2-5,8H,6-7H2,1H3;2-3H2,1H3;2*1-2H3. The van der Waals surface area contributed by atoms with E-state index in [9.17, 15) is 13.2 Å². The minimum atomic E-state index is -3.95. The Labute approximate surface area is 128 Å². The fourth-order valence-electron chi connectivity index (χ4n) is 2.06. The minimum Gasteiger partial charge on any atom is -0.171 e. The van der Waals surface area contributed by atoms with Crippen LogP contribution in [-0.4, -0.2) is 6.18 Å². The fraction of sp³-hybridized carbons (Fsp3) is 0.667. The van der Waals surface area contributed by atoms with Crippen LogP contribution in [0.3, 0.4) is 0 Å². The van der Waals surface area contributed by atoms with Crippen LogP contribution < -0.4 is 0 Å². The Balaban J connectivity index is 0. The van der Waals surface area contributed by atoms with E-state index in [1.54, 1.807) is 11.1 Å². The number of rotatable bonds is 1. The maximum absolute atomic E-state index is 11.1. The molecule has 0 N–H and O–H groups in total. The van der Waals surface area contributed by atoms with Crippen LogP contribution in [0.1, 0.15) is 65.5 Å². The third kappa shape index (κ3) is 11.4. The van der Waals surface area contributed by atoms with Crippen LogP contribution in [0.4, 0.5) is 13.2 Å². The van der Waals surface area contributed by atoms with E-state index >= 15 is 0 Å². The molecule has 0 unspecified atom stereocenters. The smallest absolute Gasteiger partial charge is 0.171 e. The lowest BCUT2D eigenvalue weighted by molar-refractivity contribution is -0.134. The molecule has 21 heavy (non-hydrogen) atoms. The summed E-state index contributed by atoms with van der Waals surface area (Å²) in [6, 6.07) is 8.77. The lowest BCUT2D eigenvalue weighted by atomic mass is 10.1. The number of alkyl halides is 3. The highest BCUT2D eigenvalue weighted by atomic mass is 19.4. The molecule has 0 aromatic heterocycles. The molecule has 0 spiro atoms. The maximum Gasteiger partial charge on any atom is 0.389 e. The summed E-state index contributed by atoms with van der Waals surface area (Å²) in [5.74, 6) is 0.873. The molecule has 0 nitrogen and oxygen atoms in total. The summed E-state index contributed by atoms with van der Waals surface area (Å²) in [7, 11) is 0. The minimum absolute atomic E-state index is 0.184. The molecule has 0 fully saturated rings. The van der Waals surface area contributed by atoms with E-state index in [0.717, 1.165) is 5.92 Å². The van der Waals surface area contributed by atoms with Gasteiger partial charge in [0.2, 0.25) is 0 Å². The molecule has 124 valence electrons. The van der Waals surface area contributed by atoms with Gasteiger partial charge >= 0.3 is 6.18 Å². The number of benzene rings is 1. The van der Waals surface area contributed by atoms with Crippen molar-refractivity contribution in [2.24, 2.45) is 5.92 Å². The molecule has 0 bridgehead atoms. The van der Waals surface area contributed by atoms with Gasteiger partial charge in [-0.05, 0) is 36.3 Å². The van der Waals surface area contributed by atoms with Gasteiger partial charge in [0.05, 0.1) is 0 Å². The van der Waals surface area contributed by atoms with Gasteiger partial charge in [-0.1, -0.05) is 65.8 Å². The van der Waals surface area contributed by atoms with Crippen LogP contribution in [0.5, 0.6) is 0 Å². The Bertz CT molecular complexity index is 318. The summed E-state index contributed by atoms with van der Waals surface area (Å²) >= 11 is 0. The van der Waals surface area contributed by atoms with Crippen molar-refractivity contribution in [3.8, 4) is 0 Å². The third-order valence-corrected chi connectivity index (χ3v) is 2.79. The normalized spacial score (nSPS) is 12.8. The molecule has 1 aliphatic rings. The van der Waals surface area contributed by atoms with Crippen LogP contribution in [0.2, 0.25) is 0 Å². The maximum atomic E-state index is 11.1. The van der Waals surface area contributed by atoms with Crippen molar-refractivity contribution >= 4 is 0 Å². The average molecular weight is 304 g/mol. The topological polar surface area (TPSA) is 0 Å². The van der Waals surface area contributed by atoms with Crippen molar-refractivity contribution < 1.29 is 13.2 Å². The Kier molecular flexibility index (Phi) is 13.5. The van der Waals surface area contributed by atoms with E-state index in [2.05, 4.69) is 31.2 Å². The van der Waals surface area contributed by atoms with Crippen LogP contribution >= 0.6 is 0 Å². The van der Waals surface area contributed by atoms with E-state index in [4.69, 9.17) is 0 Å². The first-order valence-electron chi connectivity index (χ1n) is 8.06. The molecule has 1 aromatic rings. The second-order valence-corrected chi connectivity index (χ2v) is 4.65. The molecule has 1 aromatic carbocycles. The van der Waals surface area contributed by atoms with E-state index in [1.165, 1.54) is 19.8 Å². The largest absolute Gasteiger partial charge is 0.389 e. The zero-order chi connectivity index (χ0) is 16.9. The first kappa shape index (κ1) is 22.3. The summed E-state index contributed by atoms with van der Waals surface area (Å²) in [5, 5.41) is 0. The van der Waals surface area contributed by atoms with Crippen LogP contribution in [0, 0.1) is 5.92 Å². The van der Waals surface area contributed by atoms with Gasteiger partial charge in [0.15, 0.2) is 0 Å². The summed E-state index contributed by atoms with van der Waals surface area (Å²) < 4.78 is 33.2. The van der Waals surface area contributed by atoms with Crippen molar-refractivity contribution in [2.75, 3.05) is 0 Å². The predicted molar refractivity (Wildman–Crippen MR) is 86.7 cm³/mol. The van der Waals surface area contributed by atoms with E-state index < -0.39 is 12.6 Å². The highest BCUT2D eigenvalue weighted by Gasteiger charge is 2.24. The lowest BCUT2D eigenvalue weighted by Crippen LogP contribution is -2.04. The molecule has 3 heteroatoms. The van der Waals surface area contributed by atoms with E-state index in [0.29, 0.717) is 0 Å². The van der Waals surface area contributed by atoms with Crippen LogP contribution in [-0.2, 0) is 12.8 Å². The second-order valence-electron chi connectivity index (χ2n) is 4.65. The van der Waals surface area contributed by atoms with Gasteiger partial charge in [0.25, 0.3) is 0 Å². The molecule has 0 saturated heterocycles. The first-order valence-corrected chi connectivity index (χ1v) is 8.06. The Morgan fingerprint density at radius 3 is 1.57 bits per heavy atom.